The molecule has 0 saturated heterocycles. The van der Waals surface area contributed by atoms with Crippen LogP contribution in [0, 0.1) is 0 Å². The number of anilines is 1. The van der Waals surface area contributed by atoms with Gasteiger partial charge in [-0.1, -0.05) is 18.2 Å². The van der Waals surface area contributed by atoms with E-state index in [1.54, 1.807) is 42.5 Å². The zero-order valence-electron chi connectivity index (χ0n) is 14.0. The minimum atomic E-state index is -0.478. The topological polar surface area (TPSA) is 100 Å². The number of amides is 2. The van der Waals surface area contributed by atoms with Crippen LogP contribution in [0.25, 0.3) is 0 Å². The lowest BCUT2D eigenvalue weighted by Crippen LogP contribution is -2.44. The average Bonchev–Trinajstić information content (AvgIpc) is 2.65. The van der Waals surface area contributed by atoms with E-state index in [0.29, 0.717) is 22.7 Å². The van der Waals surface area contributed by atoms with Crippen molar-refractivity contribution in [3.63, 3.8) is 0 Å². The number of phenolic OH excluding ortho intramolecular Hbond substituents is 1. The minimum Gasteiger partial charge on any atom is -0.504 e. The van der Waals surface area contributed by atoms with Crippen molar-refractivity contribution in [1.29, 1.82) is 0 Å². The van der Waals surface area contributed by atoms with Crippen molar-refractivity contribution in [1.82, 2.24) is 5.43 Å². The van der Waals surface area contributed by atoms with Crippen LogP contribution < -0.4 is 19.8 Å². The number of fused-ring (bicyclic) bond motifs is 1. The van der Waals surface area contributed by atoms with E-state index in [4.69, 9.17) is 9.47 Å². The highest BCUT2D eigenvalue weighted by atomic mass is 16.5. The predicted octanol–water partition coefficient (Wildman–Crippen LogP) is 1.28. The maximum absolute atomic E-state index is 12.1. The Balaban J connectivity index is 1.66. The van der Waals surface area contributed by atoms with Crippen LogP contribution in [0.15, 0.2) is 47.6 Å². The number of aromatic hydroxyl groups is 1. The van der Waals surface area contributed by atoms with E-state index in [1.165, 1.54) is 18.2 Å². The number of carbonyl (C=O) groups is 2. The number of phenols is 1. The normalized spacial score (nSPS) is 13.3. The highest BCUT2D eigenvalue weighted by Gasteiger charge is 2.26. The number of ether oxygens (including phenoxy) is 2. The summed E-state index contributed by atoms with van der Waals surface area (Å²) >= 11 is 0. The second-order valence-corrected chi connectivity index (χ2v) is 5.43. The van der Waals surface area contributed by atoms with Gasteiger partial charge in [-0.15, -0.1) is 0 Å². The fourth-order valence-corrected chi connectivity index (χ4v) is 2.49. The fourth-order valence-electron chi connectivity index (χ4n) is 2.49. The van der Waals surface area contributed by atoms with Crippen LogP contribution in [-0.4, -0.2) is 43.4 Å². The molecule has 0 aliphatic carbocycles. The molecule has 2 N–H and O–H groups in total. The van der Waals surface area contributed by atoms with Crippen LogP contribution in [0.3, 0.4) is 0 Å². The Morgan fingerprint density at radius 3 is 2.96 bits per heavy atom. The molecular weight excluding hydrogens is 338 g/mol. The van der Waals surface area contributed by atoms with E-state index in [1.807, 2.05) is 0 Å². The van der Waals surface area contributed by atoms with Crippen LogP contribution in [0.2, 0.25) is 0 Å². The lowest BCUT2D eigenvalue weighted by Gasteiger charge is -2.28. The van der Waals surface area contributed by atoms with Gasteiger partial charge in [-0.2, -0.15) is 5.10 Å². The molecule has 134 valence electrons. The van der Waals surface area contributed by atoms with Crippen molar-refractivity contribution in [2.24, 2.45) is 5.10 Å². The molecule has 0 radical (unpaired) electrons. The number of rotatable bonds is 5. The van der Waals surface area contributed by atoms with E-state index < -0.39 is 5.91 Å². The van der Waals surface area contributed by atoms with Gasteiger partial charge in [0, 0.05) is 5.56 Å². The Bertz CT molecular complexity index is 866. The molecule has 8 heteroatoms. The van der Waals surface area contributed by atoms with Crippen LogP contribution in [0.4, 0.5) is 5.69 Å². The molecule has 3 rings (SSSR count). The third-order valence-corrected chi connectivity index (χ3v) is 3.75. The van der Waals surface area contributed by atoms with Crippen molar-refractivity contribution < 1.29 is 24.2 Å². The van der Waals surface area contributed by atoms with Crippen LogP contribution in [0.5, 0.6) is 17.2 Å². The molecule has 0 unspecified atom stereocenters. The zero-order chi connectivity index (χ0) is 18.5. The monoisotopic (exact) mass is 355 g/mol. The molecule has 0 bridgehead atoms. The lowest BCUT2D eigenvalue weighted by atomic mass is 10.2. The van der Waals surface area contributed by atoms with E-state index in [2.05, 4.69) is 10.5 Å². The summed E-state index contributed by atoms with van der Waals surface area (Å²) in [5.41, 5.74) is 3.26. The predicted molar refractivity (Wildman–Crippen MR) is 94.7 cm³/mol. The number of carbonyl (C=O) groups excluding carboxylic acids is 2. The maximum atomic E-state index is 12.1. The summed E-state index contributed by atoms with van der Waals surface area (Å²) in [6.45, 7) is -0.314. The third-order valence-electron chi connectivity index (χ3n) is 3.75. The van der Waals surface area contributed by atoms with Crippen LogP contribution in [0.1, 0.15) is 5.56 Å². The molecule has 0 saturated carbocycles. The molecule has 0 fully saturated rings. The Labute approximate surface area is 149 Å². The van der Waals surface area contributed by atoms with Gasteiger partial charge >= 0.3 is 0 Å². The summed E-state index contributed by atoms with van der Waals surface area (Å²) in [5, 5.41) is 13.8. The Morgan fingerprint density at radius 2 is 2.15 bits per heavy atom. The number of nitrogens with one attached hydrogen (secondary N) is 1. The fraction of sp³-hybridized carbons (Fsp3) is 0.167. The second-order valence-electron chi connectivity index (χ2n) is 5.43. The third kappa shape index (κ3) is 3.59. The molecule has 1 aliphatic rings. The minimum absolute atomic E-state index is 0.0784. The summed E-state index contributed by atoms with van der Waals surface area (Å²) < 4.78 is 10.3. The number of hydrogen-bond donors (Lipinski definition) is 2. The number of para-hydroxylation sites is 3. The van der Waals surface area contributed by atoms with Gasteiger partial charge in [-0.25, -0.2) is 5.43 Å². The molecule has 2 amide bonds. The van der Waals surface area contributed by atoms with E-state index in [9.17, 15) is 14.7 Å². The van der Waals surface area contributed by atoms with Crippen molar-refractivity contribution in [3.05, 3.63) is 48.0 Å². The number of methoxy groups -OCH3 is 1. The second kappa shape index (κ2) is 7.56. The molecule has 1 aliphatic heterocycles. The van der Waals surface area contributed by atoms with Gasteiger partial charge in [-0.05, 0) is 24.3 Å². The van der Waals surface area contributed by atoms with Crippen molar-refractivity contribution >= 4 is 23.7 Å². The summed E-state index contributed by atoms with van der Waals surface area (Å²) in [6.07, 6.45) is 1.30. The van der Waals surface area contributed by atoms with Gasteiger partial charge in [0.05, 0.1) is 19.0 Å². The Hall–Kier alpha value is -3.55. The molecule has 0 atom stereocenters. The molecule has 0 aromatic heterocycles. The molecular formula is C18H17N3O5. The largest absolute Gasteiger partial charge is 0.504 e. The van der Waals surface area contributed by atoms with Gasteiger partial charge in [0.15, 0.2) is 18.1 Å². The Kier molecular flexibility index (Phi) is 5.02. The van der Waals surface area contributed by atoms with E-state index in [0.717, 1.165) is 0 Å². The molecule has 8 nitrogen and oxygen atoms in total. The number of hydrazone groups is 1. The van der Waals surface area contributed by atoms with Crippen molar-refractivity contribution in [2.45, 2.75) is 0 Å². The standard InChI is InChI=1S/C18H17N3O5/c1-25-15-8-4-5-12(18(15)24)9-19-20-16(22)10-21-13-6-2-3-7-14(13)26-11-17(21)23/h2-9,24H,10-11H2,1H3,(H,20,22)/b19-9+. The molecule has 0 spiro atoms. The van der Waals surface area contributed by atoms with Gasteiger partial charge in [-0.3, -0.25) is 14.5 Å². The summed E-state index contributed by atoms with van der Waals surface area (Å²) in [5.74, 6) is -0.0206. The zero-order valence-corrected chi connectivity index (χ0v) is 14.0. The summed E-state index contributed by atoms with van der Waals surface area (Å²) in [6, 6.07) is 11.9. The van der Waals surface area contributed by atoms with Gasteiger partial charge < -0.3 is 14.6 Å². The van der Waals surface area contributed by atoms with Crippen molar-refractivity contribution in [2.75, 3.05) is 25.2 Å². The Morgan fingerprint density at radius 1 is 1.35 bits per heavy atom. The van der Waals surface area contributed by atoms with Crippen molar-refractivity contribution in [3.8, 4) is 17.2 Å². The van der Waals surface area contributed by atoms with E-state index in [-0.39, 0.29) is 24.8 Å². The van der Waals surface area contributed by atoms with Gasteiger partial charge in [0.1, 0.15) is 12.3 Å². The van der Waals surface area contributed by atoms with Gasteiger partial charge in [0.2, 0.25) is 0 Å². The average molecular weight is 355 g/mol. The molecule has 2 aromatic rings. The van der Waals surface area contributed by atoms with E-state index >= 15 is 0 Å². The highest BCUT2D eigenvalue weighted by Crippen LogP contribution is 2.31. The first-order valence-corrected chi connectivity index (χ1v) is 7.80. The molecule has 2 aromatic carbocycles. The highest BCUT2D eigenvalue weighted by molar-refractivity contribution is 6.02. The quantitative estimate of drug-likeness (QED) is 0.622. The first-order chi connectivity index (χ1) is 12.6. The lowest BCUT2D eigenvalue weighted by molar-refractivity contribution is -0.125. The van der Waals surface area contributed by atoms with Crippen LogP contribution in [-0.2, 0) is 9.59 Å². The number of benzene rings is 2. The summed E-state index contributed by atoms with van der Waals surface area (Å²) in [4.78, 5) is 25.5. The molecule has 26 heavy (non-hydrogen) atoms. The van der Waals surface area contributed by atoms with Gasteiger partial charge in [0.25, 0.3) is 11.8 Å². The summed E-state index contributed by atoms with van der Waals surface area (Å²) in [7, 11) is 1.44. The first kappa shape index (κ1) is 17.3. The molecule has 1 heterocycles. The number of nitrogens with zero attached hydrogens (tertiary/aromatic N) is 2. The smallest absolute Gasteiger partial charge is 0.265 e. The maximum Gasteiger partial charge on any atom is 0.265 e. The number of hydrogen-bond acceptors (Lipinski definition) is 6. The first-order valence-electron chi connectivity index (χ1n) is 7.80. The van der Waals surface area contributed by atoms with Crippen LogP contribution >= 0.6 is 0 Å². The SMILES string of the molecule is COc1cccc(/C=N/NC(=O)CN2C(=O)COc3ccccc32)c1O.